The number of aliphatic hydroxyl groups is 1. The molecule has 0 bridgehead atoms. The minimum atomic E-state index is -0.300. The average Bonchev–Trinajstić information content (AvgIpc) is 2.18. The van der Waals surface area contributed by atoms with Crippen molar-refractivity contribution in [1.82, 2.24) is 0 Å². The number of hydrogen-bond donors (Lipinski definition) is 1. The zero-order valence-electron chi connectivity index (χ0n) is 8.35. The molecular formula is C12H15NO. The summed E-state index contributed by atoms with van der Waals surface area (Å²) in [7, 11) is 0. The van der Waals surface area contributed by atoms with Gasteiger partial charge in [0.1, 0.15) is 0 Å². The van der Waals surface area contributed by atoms with E-state index in [9.17, 15) is 5.11 Å². The third kappa shape index (κ3) is 1.80. The van der Waals surface area contributed by atoms with Crippen molar-refractivity contribution in [2.75, 3.05) is 11.4 Å². The largest absolute Gasteiger partial charge is 0.392 e. The summed E-state index contributed by atoms with van der Waals surface area (Å²) in [6.45, 7) is 2.47. The Kier molecular flexibility index (Phi) is 2.55. The molecule has 1 N–H and O–H groups in total. The number of nitrogens with zero attached hydrogens (tertiary/aromatic N) is 1. The maximum atomic E-state index is 9.35. The first-order chi connectivity index (χ1) is 6.77. The lowest BCUT2D eigenvalue weighted by molar-refractivity contribution is 0.202. The van der Waals surface area contributed by atoms with Crippen LogP contribution in [0.5, 0.6) is 0 Å². The number of hydrogen-bond acceptors (Lipinski definition) is 2. The predicted octanol–water partition coefficient (Wildman–Crippen LogP) is 1.94. The third-order valence-corrected chi connectivity index (χ3v) is 2.39. The van der Waals surface area contributed by atoms with E-state index in [1.54, 1.807) is 0 Å². The minimum Gasteiger partial charge on any atom is -0.392 e. The molecule has 1 aromatic rings. The predicted molar refractivity (Wildman–Crippen MR) is 58.3 cm³/mol. The molecule has 1 aliphatic heterocycles. The number of anilines is 1. The molecule has 0 aliphatic carbocycles. The summed E-state index contributed by atoms with van der Waals surface area (Å²) in [6, 6.07) is 8.32. The van der Waals surface area contributed by atoms with Crippen LogP contribution >= 0.6 is 0 Å². The van der Waals surface area contributed by atoms with Gasteiger partial charge in [-0.1, -0.05) is 24.3 Å². The van der Waals surface area contributed by atoms with Gasteiger partial charge in [-0.3, -0.25) is 0 Å². The average molecular weight is 189 g/mol. The van der Waals surface area contributed by atoms with E-state index in [0.717, 1.165) is 6.42 Å². The molecule has 1 atom stereocenters. The first-order valence-corrected chi connectivity index (χ1v) is 4.96. The highest BCUT2D eigenvalue weighted by Gasteiger charge is 2.12. The molecule has 14 heavy (non-hydrogen) atoms. The monoisotopic (exact) mass is 189 g/mol. The molecule has 1 unspecified atom stereocenters. The van der Waals surface area contributed by atoms with Gasteiger partial charge in [0, 0.05) is 18.4 Å². The Bertz CT molecular complexity index is 344. The van der Waals surface area contributed by atoms with Crippen molar-refractivity contribution in [3.8, 4) is 0 Å². The van der Waals surface area contributed by atoms with Crippen LogP contribution in [-0.4, -0.2) is 17.8 Å². The van der Waals surface area contributed by atoms with Crippen LogP contribution in [0.4, 0.5) is 5.69 Å². The number of fused-ring (bicyclic) bond motifs is 1. The van der Waals surface area contributed by atoms with E-state index >= 15 is 0 Å². The van der Waals surface area contributed by atoms with Crippen molar-refractivity contribution in [1.29, 1.82) is 0 Å². The zero-order valence-corrected chi connectivity index (χ0v) is 8.35. The molecule has 1 aromatic carbocycles. The van der Waals surface area contributed by atoms with E-state index in [4.69, 9.17) is 0 Å². The van der Waals surface area contributed by atoms with E-state index in [0.29, 0.717) is 6.54 Å². The van der Waals surface area contributed by atoms with Gasteiger partial charge in [-0.2, -0.15) is 0 Å². The van der Waals surface area contributed by atoms with Crippen molar-refractivity contribution in [3.05, 3.63) is 42.1 Å². The van der Waals surface area contributed by atoms with Gasteiger partial charge in [0.25, 0.3) is 0 Å². The molecule has 0 saturated carbocycles. The number of para-hydroxylation sites is 1. The van der Waals surface area contributed by atoms with E-state index in [-0.39, 0.29) is 6.10 Å². The Labute approximate surface area is 84.5 Å². The molecule has 0 fully saturated rings. The van der Waals surface area contributed by atoms with Crippen molar-refractivity contribution in [2.24, 2.45) is 0 Å². The van der Waals surface area contributed by atoms with Gasteiger partial charge >= 0.3 is 0 Å². The van der Waals surface area contributed by atoms with Crippen LogP contribution in [0.15, 0.2) is 36.5 Å². The molecule has 0 saturated heterocycles. The minimum absolute atomic E-state index is 0.300. The Hall–Kier alpha value is -1.28. The molecule has 0 spiro atoms. The van der Waals surface area contributed by atoms with E-state index in [1.165, 1.54) is 11.3 Å². The first kappa shape index (κ1) is 9.28. The third-order valence-electron chi connectivity index (χ3n) is 2.39. The molecule has 1 aliphatic rings. The molecule has 2 rings (SSSR count). The number of aliphatic hydroxyl groups excluding tert-OH is 1. The summed E-state index contributed by atoms with van der Waals surface area (Å²) in [5.74, 6) is 0. The number of β-amino-alcohol motifs (C(OH)–C–C–N with tert-alkyl or cyclic N) is 1. The zero-order chi connectivity index (χ0) is 9.97. The second-order valence-corrected chi connectivity index (χ2v) is 3.72. The van der Waals surface area contributed by atoms with Crippen LogP contribution in [0.1, 0.15) is 12.5 Å². The highest BCUT2D eigenvalue weighted by atomic mass is 16.3. The van der Waals surface area contributed by atoms with Crippen molar-refractivity contribution in [3.63, 3.8) is 0 Å². The second-order valence-electron chi connectivity index (χ2n) is 3.72. The van der Waals surface area contributed by atoms with E-state index < -0.39 is 0 Å². The summed E-state index contributed by atoms with van der Waals surface area (Å²) < 4.78 is 0. The van der Waals surface area contributed by atoms with Crippen LogP contribution in [0.2, 0.25) is 0 Å². The lowest BCUT2D eigenvalue weighted by Crippen LogP contribution is -2.28. The molecule has 2 nitrogen and oxygen atoms in total. The van der Waals surface area contributed by atoms with Crippen molar-refractivity contribution >= 4 is 5.69 Å². The lowest BCUT2D eigenvalue weighted by atomic mass is 10.1. The molecule has 74 valence electrons. The van der Waals surface area contributed by atoms with Crippen LogP contribution in [-0.2, 0) is 6.42 Å². The Balaban J connectivity index is 2.26. The first-order valence-electron chi connectivity index (χ1n) is 4.96. The van der Waals surface area contributed by atoms with Crippen molar-refractivity contribution in [2.45, 2.75) is 19.4 Å². The summed E-state index contributed by atoms with van der Waals surface area (Å²) in [4.78, 5) is 2.10. The molecular weight excluding hydrogens is 174 g/mol. The van der Waals surface area contributed by atoms with Crippen molar-refractivity contribution < 1.29 is 5.11 Å². The van der Waals surface area contributed by atoms with E-state index in [2.05, 4.69) is 35.4 Å². The summed E-state index contributed by atoms with van der Waals surface area (Å²) >= 11 is 0. The molecule has 0 aromatic heterocycles. The standard InChI is InChI=1S/C12H15NO/c1-10(14)9-13-8-4-6-11-5-2-3-7-12(11)13/h2-5,7-8,10,14H,6,9H2,1H3. The summed E-state index contributed by atoms with van der Waals surface area (Å²) in [5.41, 5.74) is 2.55. The summed E-state index contributed by atoms with van der Waals surface area (Å²) in [5, 5.41) is 9.35. The Morgan fingerprint density at radius 1 is 1.43 bits per heavy atom. The SMILES string of the molecule is CC(O)CN1C=CCc2ccccc21. The normalized spacial score (nSPS) is 16.6. The Morgan fingerprint density at radius 2 is 2.21 bits per heavy atom. The van der Waals surface area contributed by atoms with Gasteiger partial charge in [-0.15, -0.1) is 0 Å². The van der Waals surface area contributed by atoms with Crippen LogP contribution < -0.4 is 4.90 Å². The topological polar surface area (TPSA) is 23.5 Å². The van der Waals surface area contributed by atoms with E-state index in [1.807, 2.05) is 13.0 Å². The van der Waals surface area contributed by atoms with Crippen LogP contribution in [0, 0.1) is 0 Å². The van der Waals surface area contributed by atoms with Gasteiger partial charge < -0.3 is 10.0 Å². The molecule has 0 radical (unpaired) electrons. The number of rotatable bonds is 2. The lowest BCUT2D eigenvalue weighted by Gasteiger charge is -2.27. The Morgan fingerprint density at radius 3 is 3.00 bits per heavy atom. The van der Waals surface area contributed by atoms with Gasteiger partial charge in [0.15, 0.2) is 0 Å². The fourth-order valence-corrected chi connectivity index (χ4v) is 1.79. The molecule has 0 amide bonds. The van der Waals surface area contributed by atoms with Crippen LogP contribution in [0.25, 0.3) is 0 Å². The smallest absolute Gasteiger partial charge is 0.0691 e. The second kappa shape index (κ2) is 3.84. The highest BCUT2D eigenvalue weighted by Crippen LogP contribution is 2.25. The fraction of sp³-hybridized carbons (Fsp3) is 0.333. The maximum absolute atomic E-state index is 9.35. The van der Waals surface area contributed by atoms with Gasteiger partial charge in [0.05, 0.1) is 6.10 Å². The van der Waals surface area contributed by atoms with Crippen LogP contribution in [0.3, 0.4) is 0 Å². The van der Waals surface area contributed by atoms with Gasteiger partial charge in [0.2, 0.25) is 0 Å². The molecule has 1 heterocycles. The highest BCUT2D eigenvalue weighted by molar-refractivity contribution is 5.58. The van der Waals surface area contributed by atoms with Gasteiger partial charge in [-0.05, 0) is 25.0 Å². The fourth-order valence-electron chi connectivity index (χ4n) is 1.79. The van der Waals surface area contributed by atoms with Gasteiger partial charge in [-0.25, -0.2) is 0 Å². The number of allylic oxidation sites excluding steroid dienone is 1. The summed E-state index contributed by atoms with van der Waals surface area (Å²) in [6.07, 6.45) is 4.87. The maximum Gasteiger partial charge on any atom is 0.0691 e. The number of benzene rings is 1. The molecule has 2 heteroatoms. The quantitative estimate of drug-likeness (QED) is 0.768.